The van der Waals surface area contributed by atoms with Gasteiger partial charge >= 0.3 is 5.97 Å². The molecule has 3 aromatic rings. The predicted molar refractivity (Wildman–Crippen MR) is 84.0 cm³/mol. The third kappa shape index (κ3) is 3.08. The third-order valence-corrected chi connectivity index (χ3v) is 4.63. The smallest absolute Gasteiger partial charge is 0.313 e. The molecule has 0 amide bonds. The SMILES string of the molecule is Cc1cnc2c(c1)nc(SCC(=O)O)n2Cc1ccsc1. The van der Waals surface area contributed by atoms with E-state index < -0.39 is 5.97 Å². The highest BCUT2D eigenvalue weighted by Gasteiger charge is 2.14. The molecule has 0 radical (unpaired) electrons. The maximum absolute atomic E-state index is 10.8. The number of aromatic nitrogens is 3. The Balaban J connectivity index is 2.03. The first-order valence-electron chi connectivity index (χ1n) is 6.32. The Kier molecular flexibility index (Phi) is 3.94. The molecule has 0 spiro atoms. The molecule has 0 atom stereocenters. The molecule has 0 saturated carbocycles. The average molecular weight is 319 g/mol. The molecule has 3 heterocycles. The monoisotopic (exact) mass is 319 g/mol. The number of hydrogen-bond acceptors (Lipinski definition) is 5. The topological polar surface area (TPSA) is 68.0 Å². The van der Waals surface area contributed by atoms with Crippen LogP contribution >= 0.6 is 23.1 Å². The highest BCUT2D eigenvalue weighted by molar-refractivity contribution is 7.99. The fraction of sp³-hybridized carbons (Fsp3) is 0.214. The Bertz CT molecular complexity index is 781. The molecule has 108 valence electrons. The number of fused-ring (bicyclic) bond motifs is 1. The number of aliphatic carboxylic acids is 1. The number of thiophene rings is 1. The average Bonchev–Trinajstić information content (AvgIpc) is 3.05. The van der Waals surface area contributed by atoms with Crippen molar-refractivity contribution >= 4 is 40.2 Å². The quantitative estimate of drug-likeness (QED) is 0.732. The van der Waals surface area contributed by atoms with E-state index in [1.165, 1.54) is 17.3 Å². The van der Waals surface area contributed by atoms with Gasteiger partial charge < -0.3 is 5.11 Å². The molecule has 0 bridgehead atoms. The van der Waals surface area contributed by atoms with Gasteiger partial charge in [0.1, 0.15) is 5.52 Å². The van der Waals surface area contributed by atoms with Gasteiger partial charge in [0.15, 0.2) is 10.8 Å². The molecular weight excluding hydrogens is 306 g/mol. The molecule has 0 aromatic carbocycles. The highest BCUT2D eigenvalue weighted by atomic mass is 32.2. The summed E-state index contributed by atoms with van der Waals surface area (Å²) in [5.41, 5.74) is 3.80. The minimum absolute atomic E-state index is 0.00800. The highest BCUT2D eigenvalue weighted by Crippen LogP contribution is 2.25. The standard InChI is InChI=1S/C14H13N3O2S2/c1-9-4-11-13(15-5-9)17(6-10-2-3-20-7-10)14(16-11)21-8-12(18)19/h2-5,7H,6,8H2,1H3,(H,18,19). The molecule has 0 aliphatic rings. The number of carboxylic acids is 1. The lowest BCUT2D eigenvalue weighted by Crippen LogP contribution is -2.04. The fourth-order valence-corrected chi connectivity index (χ4v) is 3.42. The summed E-state index contributed by atoms with van der Waals surface area (Å²) in [6.45, 7) is 2.62. The number of imidazole rings is 1. The van der Waals surface area contributed by atoms with Crippen molar-refractivity contribution in [3.8, 4) is 0 Å². The third-order valence-electron chi connectivity index (χ3n) is 2.93. The molecule has 7 heteroatoms. The van der Waals surface area contributed by atoms with Gasteiger partial charge in [0.05, 0.1) is 12.3 Å². The zero-order valence-corrected chi connectivity index (χ0v) is 12.9. The number of nitrogens with zero attached hydrogens (tertiary/aromatic N) is 3. The minimum Gasteiger partial charge on any atom is -0.481 e. The molecule has 0 unspecified atom stereocenters. The summed E-state index contributed by atoms with van der Waals surface area (Å²) in [6.07, 6.45) is 1.81. The van der Waals surface area contributed by atoms with Gasteiger partial charge in [-0.15, -0.1) is 0 Å². The second kappa shape index (κ2) is 5.87. The van der Waals surface area contributed by atoms with Crippen molar-refractivity contribution < 1.29 is 9.90 Å². The van der Waals surface area contributed by atoms with Crippen molar-refractivity contribution in [2.75, 3.05) is 5.75 Å². The van der Waals surface area contributed by atoms with E-state index >= 15 is 0 Å². The Morgan fingerprint density at radius 2 is 2.38 bits per heavy atom. The van der Waals surface area contributed by atoms with E-state index in [-0.39, 0.29) is 5.75 Å². The second-order valence-electron chi connectivity index (χ2n) is 4.65. The Morgan fingerprint density at radius 3 is 3.10 bits per heavy atom. The van der Waals surface area contributed by atoms with E-state index in [2.05, 4.69) is 21.4 Å². The van der Waals surface area contributed by atoms with Gasteiger partial charge in [-0.05, 0) is 40.9 Å². The van der Waals surface area contributed by atoms with Crippen LogP contribution in [0.3, 0.4) is 0 Å². The summed E-state index contributed by atoms with van der Waals surface area (Å²) >= 11 is 2.86. The van der Waals surface area contributed by atoms with E-state index in [1.807, 2.05) is 22.9 Å². The fourth-order valence-electron chi connectivity index (χ4n) is 2.03. The van der Waals surface area contributed by atoms with E-state index in [4.69, 9.17) is 5.11 Å². The lowest BCUT2D eigenvalue weighted by molar-refractivity contribution is -0.133. The van der Waals surface area contributed by atoms with E-state index in [1.54, 1.807) is 17.5 Å². The number of carbonyl (C=O) groups is 1. The minimum atomic E-state index is -0.849. The van der Waals surface area contributed by atoms with Crippen LogP contribution in [0.1, 0.15) is 11.1 Å². The summed E-state index contributed by atoms with van der Waals surface area (Å²) in [5.74, 6) is -0.857. The zero-order valence-electron chi connectivity index (χ0n) is 11.3. The normalized spacial score (nSPS) is 11.1. The van der Waals surface area contributed by atoms with Gasteiger partial charge in [-0.2, -0.15) is 11.3 Å². The summed E-state index contributed by atoms with van der Waals surface area (Å²) in [4.78, 5) is 19.8. The van der Waals surface area contributed by atoms with Crippen LogP contribution in [-0.2, 0) is 11.3 Å². The lowest BCUT2D eigenvalue weighted by atomic mass is 10.3. The summed E-state index contributed by atoms with van der Waals surface area (Å²) < 4.78 is 1.98. The number of thioether (sulfide) groups is 1. The van der Waals surface area contributed by atoms with Crippen molar-refractivity contribution in [1.82, 2.24) is 14.5 Å². The second-order valence-corrected chi connectivity index (χ2v) is 6.37. The zero-order chi connectivity index (χ0) is 14.8. The van der Waals surface area contributed by atoms with Crippen molar-refractivity contribution in [2.24, 2.45) is 0 Å². The van der Waals surface area contributed by atoms with Crippen LogP contribution in [0.5, 0.6) is 0 Å². The first-order chi connectivity index (χ1) is 10.1. The number of rotatable bonds is 5. The van der Waals surface area contributed by atoms with Gasteiger partial charge in [0.25, 0.3) is 0 Å². The number of aryl methyl sites for hydroxylation is 1. The Morgan fingerprint density at radius 1 is 1.52 bits per heavy atom. The summed E-state index contributed by atoms with van der Waals surface area (Å²) in [6, 6.07) is 4.02. The van der Waals surface area contributed by atoms with Crippen LogP contribution in [0, 0.1) is 6.92 Å². The van der Waals surface area contributed by atoms with Crippen LogP contribution in [-0.4, -0.2) is 31.4 Å². The van der Waals surface area contributed by atoms with Gasteiger partial charge in [0.2, 0.25) is 0 Å². The molecule has 0 aliphatic heterocycles. The van der Waals surface area contributed by atoms with Crippen molar-refractivity contribution in [3.63, 3.8) is 0 Å². The molecule has 0 saturated heterocycles. The predicted octanol–water partition coefficient (Wildman–Crippen LogP) is 3.03. The van der Waals surface area contributed by atoms with Crippen LogP contribution in [0.25, 0.3) is 11.2 Å². The van der Waals surface area contributed by atoms with Crippen LogP contribution < -0.4 is 0 Å². The Hall–Kier alpha value is -1.86. The number of hydrogen-bond donors (Lipinski definition) is 1. The van der Waals surface area contributed by atoms with Gasteiger partial charge in [-0.1, -0.05) is 11.8 Å². The van der Waals surface area contributed by atoms with Gasteiger partial charge in [-0.25, -0.2) is 9.97 Å². The molecule has 1 N–H and O–H groups in total. The molecule has 21 heavy (non-hydrogen) atoms. The maximum atomic E-state index is 10.8. The molecule has 3 rings (SSSR count). The van der Waals surface area contributed by atoms with Crippen LogP contribution in [0.15, 0.2) is 34.2 Å². The molecular formula is C14H13N3O2S2. The first-order valence-corrected chi connectivity index (χ1v) is 8.25. The molecule has 0 fully saturated rings. The lowest BCUT2D eigenvalue weighted by Gasteiger charge is -2.06. The molecule has 0 aliphatic carbocycles. The number of carboxylic acid groups (broad SMARTS) is 1. The molecule has 5 nitrogen and oxygen atoms in total. The van der Waals surface area contributed by atoms with Crippen LogP contribution in [0.2, 0.25) is 0 Å². The van der Waals surface area contributed by atoms with E-state index in [0.29, 0.717) is 11.7 Å². The first kappa shape index (κ1) is 14.1. The van der Waals surface area contributed by atoms with Gasteiger partial charge in [-0.3, -0.25) is 9.36 Å². The Labute approximate surface area is 129 Å². The van der Waals surface area contributed by atoms with E-state index in [0.717, 1.165) is 16.7 Å². The number of pyridine rings is 1. The van der Waals surface area contributed by atoms with E-state index in [9.17, 15) is 4.79 Å². The largest absolute Gasteiger partial charge is 0.481 e. The van der Waals surface area contributed by atoms with Crippen molar-refractivity contribution in [3.05, 3.63) is 40.2 Å². The van der Waals surface area contributed by atoms with Crippen LogP contribution in [0.4, 0.5) is 0 Å². The van der Waals surface area contributed by atoms with Gasteiger partial charge in [0, 0.05) is 6.20 Å². The summed E-state index contributed by atoms with van der Waals surface area (Å²) in [7, 11) is 0. The maximum Gasteiger partial charge on any atom is 0.313 e. The summed E-state index contributed by atoms with van der Waals surface area (Å²) in [5, 5.41) is 13.7. The van der Waals surface area contributed by atoms with Crippen molar-refractivity contribution in [1.29, 1.82) is 0 Å². The molecule has 3 aromatic heterocycles. The van der Waals surface area contributed by atoms with Crippen molar-refractivity contribution in [2.45, 2.75) is 18.6 Å².